The molecule has 0 radical (unpaired) electrons. The van der Waals surface area contributed by atoms with Crippen LogP contribution in [-0.2, 0) is 6.42 Å². The van der Waals surface area contributed by atoms with E-state index in [2.05, 4.69) is 15.1 Å². The lowest BCUT2D eigenvalue weighted by Crippen LogP contribution is -2.16. The molecule has 0 bridgehead atoms. The molecule has 0 aliphatic heterocycles. The number of thiophene rings is 1. The van der Waals surface area contributed by atoms with Gasteiger partial charge in [0.1, 0.15) is 5.69 Å². The molecule has 0 aliphatic rings. The molecule has 100 valence electrons. The van der Waals surface area contributed by atoms with Gasteiger partial charge in [0.25, 0.3) is 0 Å². The number of hydrogen-bond donors (Lipinski definition) is 2. The topological polar surface area (TPSA) is 93.6 Å². The van der Waals surface area contributed by atoms with Crippen LogP contribution in [0.25, 0.3) is 0 Å². The number of aryl methyl sites for hydroxylation is 1. The highest BCUT2D eigenvalue weighted by atomic mass is 32.1. The van der Waals surface area contributed by atoms with Crippen LogP contribution in [0.15, 0.2) is 28.7 Å². The minimum Gasteiger partial charge on any atom is -0.463 e. The first-order valence-corrected chi connectivity index (χ1v) is 6.56. The predicted molar refractivity (Wildman–Crippen MR) is 72.8 cm³/mol. The molecule has 2 aromatic heterocycles. The van der Waals surface area contributed by atoms with Crippen LogP contribution in [0.3, 0.4) is 0 Å². The standard InChI is InChI=1S/C12H14N4O2S/c1-8-7-10(11(13)16-17)15-12(14-8)18-5-4-9-3-2-6-19-9/h2-3,6-7,17H,4-5H2,1H3,(H2,13,16). The van der Waals surface area contributed by atoms with E-state index in [-0.39, 0.29) is 11.8 Å². The molecule has 0 spiro atoms. The zero-order valence-corrected chi connectivity index (χ0v) is 11.2. The van der Waals surface area contributed by atoms with Crippen molar-refractivity contribution in [3.05, 3.63) is 39.8 Å². The van der Waals surface area contributed by atoms with Crippen molar-refractivity contribution in [2.45, 2.75) is 13.3 Å². The van der Waals surface area contributed by atoms with Crippen molar-refractivity contribution in [1.82, 2.24) is 9.97 Å². The number of amidine groups is 1. The summed E-state index contributed by atoms with van der Waals surface area (Å²) in [7, 11) is 0. The van der Waals surface area contributed by atoms with E-state index in [9.17, 15) is 0 Å². The molecular weight excluding hydrogens is 264 g/mol. The van der Waals surface area contributed by atoms with Gasteiger partial charge in [0.05, 0.1) is 6.61 Å². The molecule has 0 fully saturated rings. The van der Waals surface area contributed by atoms with Crippen LogP contribution in [0.4, 0.5) is 0 Å². The van der Waals surface area contributed by atoms with Crippen molar-refractivity contribution in [2.75, 3.05) is 6.61 Å². The Morgan fingerprint density at radius 2 is 2.37 bits per heavy atom. The van der Waals surface area contributed by atoms with Gasteiger partial charge in [-0.05, 0) is 24.4 Å². The number of nitrogens with two attached hydrogens (primary N) is 1. The third-order valence-corrected chi connectivity index (χ3v) is 3.30. The van der Waals surface area contributed by atoms with Crippen LogP contribution < -0.4 is 10.5 Å². The fourth-order valence-corrected chi connectivity index (χ4v) is 2.18. The summed E-state index contributed by atoms with van der Waals surface area (Å²) in [5.74, 6) is -0.0615. The smallest absolute Gasteiger partial charge is 0.317 e. The van der Waals surface area contributed by atoms with Crippen molar-refractivity contribution in [2.24, 2.45) is 10.9 Å². The molecule has 7 heteroatoms. The number of oxime groups is 1. The summed E-state index contributed by atoms with van der Waals surface area (Å²) in [4.78, 5) is 9.46. The van der Waals surface area contributed by atoms with Crippen molar-refractivity contribution < 1.29 is 9.94 Å². The van der Waals surface area contributed by atoms with Crippen molar-refractivity contribution in [3.8, 4) is 6.01 Å². The molecule has 0 unspecified atom stereocenters. The molecule has 6 nitrogen and oxygen atoms in total. The van der Waals surface area contributed by atoms with Crippen LogP contribution in [0.5, 0.6) is 6.01 Å². The lowest BCUT2D eigenvalue weighted by atomic mass is 10.3. The summed E-state index contributed by atoms with van der Waals surface area (Å²) in [5.41, 5.74) is 6.54. The average molecular weight is 278 g/mol. The molecule has 0 saturated carbocycles. The molecule has 0 saturated heterocycles. The average Bonchev–Trinajstić information content (AvgIpc) is 2.90. The fraction of sp³-hybridized carbons (Fsp3) is 0.250. The number of hydrogen-bond acceptors (Lipinski definition) is 6. The van der Waals surface area contributed by atoms with Crippen LogP contribution in [0, 0.1) is 6.92 Å². The van der Waals surface area contributed by atoms with Gasteiger partial charge in [-0.2, -0.15) is 4.98 Å². The third kappa shape index (κ3) is 3.65. The lowest BCUT2D eigenvalue weighted by Gasteiger charge is -2.06. The van der Waals surface area contributed by atoms with E-state index < -0.39 is 0 Å². The Hall–Kier alpha value is -2.15. The maximum absolute atomic E-state index is 8.63. The maximum atomic E-state index is 8.63. The van der Waals surface area contributed by atoms with E-state index in [0.717, 1.165) is 6.42 Å². The Morgan fingerprint density at radius 3 is 3.05 bits per heavy atom. The highest BCUT2D eigenvalue weighted by molar-refractivity contribution is 7.09. The van der Waals surface area contributed by atoms with Gasteiger partial charge in [0, 0.05) is 17.0 Å². The van der Waals surface area contributed by atoms with Crippen LogP contribution in [-0.4, -0.2) is 27.6 Å². The van der Waals surface area contributed by atoms with Gasteiger partial charge in [-0.15, -0.1) is 11.3 Å². The second-order valence-corrected chi connectivity index (χ2v) is 4.87. The van der Waals surface area contributed by atoms with Crippen molar-refractivity contribution in [1.29, 1.82) is 0 Å². The van der Waals surface area contributed by atoms with Gasteiger partial charge in [-0.25, -0.2) is 4.98 Å². The van der Waals surface area contributed by atoms with E-state index in [1.807, 2.05) is 17.5 Å². The predicted octanol–water partition coefficient (Wildman–Crippen LogP) is 1.56. The summed E-state index contributed by atoms with van der Waals surface area (Å²) in [6.45, 7) is 2.28. The Bertz CT molecular complexity index is 569. The molecule has 3 N–H and O–H groups in total. The highest BCUT2D eigenvalue weighted by Gasteiger charge is 2.07. The molecule has 19 heavy (non-hydrogen) atoms. The second-order valence-electron chi connectivity index (χ2n) is 3.84. The van der Waals surface area contributed by atoms with E-state index >= 15 is 0 Å². The molecule has 0 amide bonds. The number of rotatable bonds is 5. The van der Waals surface area contributed by atoms with Gasteiger partial charge in [-0.1, -0.05) is 11.2 Å². The number of nitrogens with zero attached hydrogens (tertiary/aromatic N) is 3. The Balaban J connectivity index is 2.02. The van der Waals surface area contributed by atoms with E-state index in [1.54, 1.807) is 24.3 Å². The minimum atomic E-state index is -0.0615. The Labute approximate surface area is 114 Å². The molecule has 2 aromatic rings. The first-order chi connectivity index (χ1) is 9.19. The van der Waals surface area contributed by atoms with Crippen molar-refractivity contribution >= 4 is 17.2 Å². The van der Waals surface area contributed by atoms with Crippen LogP contribution >= 0.6 is 11.3 Å². The third-order valence-electron chi connectivity index (χ3n) is 2.36. The molecule has 2 heterocycles. The summed E-state index contributed by atoms with van der Waals surface area (Å²) in [5, 5.41) is 13.6. The molecule has 0 aliphatic carbocycles. The van der Waals surface area contributed by atoms with Crippen molar-refractivity contribution in [3.63, 3.8) is 0 Å². The summed E-state index contributed by atoms with van der Waals surface area (Å²) >= 11 is 1.68. The SMILES string of the molecule is Cc1cc(/C(N)=N/O)nc(OCCc2cccs2)n1. The van der Waals surface area contributed by atoms with E-state index in [4.69, 9.17) is 15.7 Å². The number of aromatic nitrogens is 2. The normalized spacial score (nSPS) is 11.5. The fourth-order valence-electron chi connectivity index (χ4n) is 1.49. The Morgan fingerprint density at radius 1 is 1.53 bits per heavy atom. The van der Waals surface area contributed by atoms with Gasteiger partial charge in [0.15, 0.2) is 5.84 Å². The summed E-state index contributed by atoms with van der Waals surface area (Å²) < 4.78 is 5.49. The zero-order valence-electron chi connectivity index (χ0n) is 10.4. The first kappa shape index (κ1) is 13.3. The first-order valence-electron chi connectivity index (χ1n) is 5.68. The molecule has 0 aromatic carbocycles. The maximum Gasteiger partial charge on any atom is 0.317 e. The summed E-state index contributed by atoms with van der Waals surface area (Å²) in [6.07, 6.45) is 0.799. The van der Waals surface area contributed by atoms with Gasteiger partial charge < -0.3 is 15.7 Å². The molecule has 2 rings (SSSR count). The second kappa shape index (κ2) is 6.14. The van der Waals surface area contributed by atoms with E-state index in [0.29, 0.717) is 18.0 Å². The van der Waals surface area contributed by atoms with Crippen LogP contribution in [0.1, 0.15) is 16.3 Å². The Kier molecular flexibility index (Phi) is 4.30. The summed E-state index contributed by atoms with van der Waals surface area (Å²) in [6, 6.07) is 5.91. The van der Waals surface area contributed by atoms with Crippen LogP contribution in [0.2, 0.25) is 0 Å². The molecule has 0 atom stereocenters. The highest BCUT2D eigenvalue weighted by Crippen LogP contribution is 2.11. The van der Waals surface area contributed by atoms with Gasteiger partial charge in [-0.3, -0.25) is 0 Å². The monoisotopic (exact) mass is 278 g/mol. The zero-order chi connectivity index (χ0) is 13.7. The quantitative estimate of drug-likeness (QED) is 0.375. The van der Waals surface area contributed by atoms with Gasteiger partial charge in [0.2, 0.25) is 0 Å². The minimum absolute atomic E-state index is 0.0615. The lowest BCUT2D eigenvalue weighted by molar-refractivity contribution is 0.295. The van der Waals surface area contributed by atoms with E-state index in [1.165, 1.54) is 4.88 Å². The number of ether oxygens (including phenoxy) is 1. The largest absolute Gasteiger partial charge is 0.463 e. The van der Waals surface area contributed by atoms with Gasteiger partial charge >= 0.3 is 6.01 Å². The molecular formula is C12H14N4O2S.